The fraction of sp³-hybridized carbons (Fsp3) is 0.194. The van der Waals surface area contributed by atoms with Gasteiger partial charge in [-0.3, -0.25) is 24.6 Å². The number of carbonyl (C=O) groups excluding carboxylic acids is 2. The third-order valence-electron chi connectivity index (χ3n) is 7.30. The number of nitrogens with zero attached hydrogens (tertiary/aromatic N) is 7. The number of amides is 2. The monoisotopic (exact) mass is 571 g/mol. The van der Waals surface area contributed by atoms with E-state index in [1.165, 1.54) is 0 Å². The first-order valence-corrected chi connectivity index (χ1v) is 13.8. The fourth-order valence-electron chi connectivity index (χ4n) is 5.28. The topological polar surface area (TPSA) is 146 Å². The van der Waals surface area contributed by atoms with Gasteiger partial charge in [-0.1, -0.05) is 29.3 Å². The van der Waals surface area contributed by atoms with Gasteiger partial charge < -0.3 is 14.7 Å². The van der Waals surface area contributed by atoms with Crippen LogP contribution >= 0.6 is 0 Å². The van der Waals surface area contributed by atoms with Crippen molar-refractivity contribution in [3.05, 3.63) is 95.1 Å². The molecule has 2 aliphatic heterocycles. The Morgan fingerprint density at radius 2 is 1.81 bits per heavy atom. The first-order chi connectivity index (χ1) is 21.0. The molecule has 5 aromatic rings. The second-order valence-electron chi connectivity index (χ2n) is 10.2. The highest BCUT2D eigenvalue weighted by atomic mass is 16.5. The number of H-pyrrole nitrogens is 1. The number of pyridine rings is 1. The number of nitrogens with one attached hydrogen (secondary N) is 2. The van der Waals surface area contributed by atoms with E-state index in [0.29, 0.717) is 52.4 Å². The first-order valence-electron chi connectivity index (χ1n) is 13.8. The Hall–Kier alpha value is -5.83. The molecule has 2 aliphatic rings. The van der Waals surface area contributed by atoms with Crippen LogP contribution in [0.1, 0.15) is 56.7 Å². The SMILES string of the molecule is Cc1cc(Nc2cc(C#CCN3C(=O)c4ccccc4C3=O)nc(N3CCC[C@H]3c3cc(-c4ccccn4)no3)n2)n[nH]1. The Labute approximate surface area is 246 Å². The van der Waals surface area contributed by atoms with E-state index in [1.54, 1.807) is 36.5 Å². The smallest absolute Gasteiger partial charge is 0.262 e. The molecule has 1 aromatic carbocycles. The van der Waals surface area contributed by atoms with E-state index in [1.807, 2.05) is 37.3 Å². The van der Waals surface area contributed by atoms with Crippen molar-refractivity contribution in [1.29, 1.82) is 0 Å². The van der Waals surface area contributed by atoms with E-state index in [0.717, 1.165) is 29.1 Å². The zero-order chi connectivity index (χ0) is 29.3. The van der Waals surface area contributed by atoms with Gasteiger partial charge in [0.05, 0.1) is 29.4 Å². The maximum atomic E-state index is 12.8. The molecule has 0 unspecified atom stereocenters. The number of aromatic nitrogens is 6. The predicted octanol–water partition coefficient (Wildman–Crippen LogP) is 4.29. The van der Waals surface area contributed by atoms with Crippen LogP contribution in [0, 0.1) is 18.8 Å². The van der Waals surface area contributed by atoms with Crippen molar-refractivity contribution >= 4 is 29.4 Å². The molecule has 2 N–H and O–H groups in total. The van der Waals surface area contributed by atoms with Gasteiger partial charge in [-0.05, 0) is 50.0 Å². The molecular formula is C31H25N9O3. The fourth-order valence-corrected chi connectivity index (χ4v) is 5.28. The van der Waals surface area contributed by atoms with Crippen LogP contribution in [0.25, 0.3) is 11.4 Å². The zero-order valence-electron chi connectivity index (χ0n) is 23.1. The van der Waals surface area contributed by atoms with Crippen LogP contribution in [0.4, 0.5) is 17.6 Å². The summed E-state index contributed by atoms with van der Waals surface area (Å²) >= 11 is 0. The molecule has 0 aliphatic carbocycles. The first kappa shape index (κ1) is 26.1. The van der Waals surface area contributed by atoms with Crippen LogP contribution in [0.2, 0.25) is 0 Å². The lowest BCUT2D eigenvalue weighted by molar-refractivity contribution is 0.0675. The average molecular weight is 572 g/mol. The molecule has 0 saturated carbocycles. The minimum absolute atomic E-state index is 0.0618. The molecule has 0 radical (unpaired) electrons. The lowest BCUT2D eigenvalue weighted by Crippen LogP contribution is -2.30. The van der Waals surface area contributed by atoms with Crippen molar-refractivity contribution in [2.24, 2.45) is 0 Å². The van der Waals surface area contributed by atoms with Gasteiger partial charge in [-0.2, -0.15) is 10.1 Å². The van der Waals surface area contributed by atoms with Gasteiger partial charge in [0.25, 0.3) is 11.8 Å². The quantitative estimate of drug-likeness (QED) is 0.223. The lowest BCUT2D eigenvalue weighted by atomic mass is 10.1. The molecule has 1 fully saturated rings. The normalized spacial score (nSPS) is 15.9. The predicted molar refractivity (Wildman–Crippen MR) is 156 cm³/mol. The van der Waals surface area contributed by atoms with Crippen molar-refractivity contribution < 1.29 is 14.1 Å². The third kappa shape index (κ3) is 5.08. The highest BCUT2D eigenvalue weighted by Crippen LogP contribution is 2.36. The number of benzene rings is 1. The summed E-state index contributed by atoms with van der Waals surface area (Å²) < 4.78 is 5.77. The van der Waals surface area contributed by atoms with E-state index in [4.69, 9.17) is 14.5 Å². The van der Waals surface area contributed by atoms with Gasteiger partial charge in [0.15, 0.2) is 11.6 Å². The molecule has 7 rings (SSSR count). The maximum absolute atomic E-state index is 12.8. The minimum atomic E-state index is -0.355. The van der Waals surface area contributed by atoms with Gasteiger partial charge in [0, 0.05) is 36.6 Å². The van der Waals surface area contributed by atoms with E-state index in [-0.39, 0.29) is 24.4 Å². The summed E-state index contributed by atoms with van der Waals surface area (Å²) in [6.07, 6.45) is 3.46. The molecule has 212 valence electrons. The van der Waals surface area contributed by atoms with Gasteiger partial charge in [0.1, 0.15) is 17.2 Å². The van der Waals surface area contributed by atoms with Crippen molar-refractivity contribution in [2.75, 3.05) is 23.3 Å². The Kier molecular flexibility index (Phi) is 6.59. The van der Waals surface area contributed by atoms with Gasteiger partial charge in [-0.25, -0.2) is 4.98 Å². The molecule has 43 heavy (non-hydrogen) atoms. The standard InChI is InChI=1S/C31H25N9O3/c1-19-16-28(37-36-19)34-27-17-20(8-6-15-40-29(41)21-9-2-3-10-22(21)30(40)42)33-31(35-27)39-14-7-12-25(39)26-18-24(38-43-26)23-11-4-5-13-32-23/h2-5,9-11,13,16-18,25H,7,12,14-15H2,1H3,(H2,33,34,35,36,37)/t25-/m0/s1. The van der Waals surface area contributed by atoms with Crippen molar-refractivity contribution in [3.8, 4) is 23.2 Å². The third-order valence-corrected chi connectivity index (χ3v) is 7.30. The molecule has 1 atom stereocenters. The number of rotatable bonds is 6. The molecule has 1 saturated heterocycles. The van der Waals surface area contributed by atoms with Gasteiger partial charge in [-0.15, -0.1) is 0 Å². The van der Waals surface area contributed by atoms with Gasteiger partial charge >= 0.3 is 0 Å². The molecule has 6 heterocycles. The van der Waals surface area contributed by atoms with Gasteiger partial charge in [0.2, 0.25) is 5.95 Å². The summed E-state index contributed by atoms with van der Waals surface area (Å²) in [6, 6.07) is 17.8. The van der Waals surface area contributed by atoms with E-state index >= 15 is 0 Å². The molecular weight excluding hydrogens is 546 g/mol. The number of anilines is 3. The van der Waals surface area contributed by atoms with E-state index < -0.39 is 0 Å². The zero-order valence-corrected chi connectivity index (χ0v) is 23.1. The van der Waals surface area contributed by atoms with Crippen LogP contribution in [0.5, 0.6) is 0 Å². The minimum Gasteiger partial charge on any atom is -0.358 e. The Balaban J connectivity index is 1.18. The van der Waals surface area contributed by atoms with Crippen LogP contribution < -0.4 is 10.2 Å². The average Bonchev–Trinajstić information content (AvgIpc) is 3.83. The maximum Gasteiger partial charge on any atom is 0.262 e. The number of hydrogen-bond donors (Lipinski definition) is 2. The van der Waals surface area contributed by atoms with Crippen molar-refractivity contribution in [3.63, 3.8) is 0 Å². The largest absolute Gasteiger partial charge is 0.358 e. The lowest BCUT2D eigenvalue weighted by Gasteiger charge is -2.23. The Morgan fingerprint density at radius 1 is 1.00 bits per heavy atom. The number of aryl methyl sites for hydroxylation is 1. The van der Waals surface area contributed by atoms with E-state index in [9.17, 15) is 9.59 Å². The highest BCUT2D eigenvalue weighted by Gasteiger charge is 2.35. The summed E-state index contributed by atoms with van der Waals surface area (Å²) in [5, 5.41) is 14.6. The Morgan fingerprint density at radius 3 is 2.56 bits per heavy atom. The summed E-state index contributed by atoms with van der Waals surface area (Å²) in [5.74, 6) is 7.53. The molecule has 2 amide bonds. The van der Waals surface area contributed by atoms with Crippen molar-refractivity contribution in [1.82, 2.24) is 35.2 Å². The summed E-state index contributed by atoms with van der Waals surface area (Å²) in [6.45, 7) is 2.55. The Bertz CT molecular complexity index is 1870. The number of fused-ring (bicyclic) bond motifs is 1. The molecule has 12 heteroatoms. The van der Waals surface area contributed by atoms with Crippen LogP contribution in [-0.2, 0) is 0 Å². The molecule has 0 bridgehead atoms. The molecule has 4 aromatic heterocycles. The molecule has 12 nitrogen and oxygen atoms in total. The number of carbonyl (C=O) groups is 2. The highest BCUT2D eigenvalue weighted by molar-refractivity contribution is 6.21. The number of aromatic amines is 1. The van der Waals surface area contributed by atoms with E-state index in [2.05, 4.69) is 42.4 Å². The van der Waals surface area contributed by atoms with Crippen molar-refractivity contribution in [2.45, 2.75) is 25.8 Å². The summed E-state index contributed by atoms with van der Waals surface area (Å²) in [7, 11) is 0. The number of imide groups is 1. The molecule has 0 spiro atoms. The summed E-state index contributed by atoms with van der Waals surface area (Å²) in [5.41, 5.74) is 3.48. The van der Waals surface area contributed by atoms with Crippen LogP contribution in [0.3, 0.4) is 0 Å². The second-order valence-corrected chi connectivity index (χ2v) is 10.2. The van der Waals surface area contributed by atoms with Crippen LogP contribution in [0.15, 0.2) is 71.4 Å². The van der Waals surface area contributed by atoms with Crippen LogP contribution in [-0.4, -0.2) is 60.1 Å². The summed E-state index contributed by atoms with van der Waals surface area (Å²) in [4.78, 5) is 42.7. The number of hydrogen-bond acceptors (Lipinski definition) is 10. The second kappa shape index (κ2) is 10.9.